The molecule has 0 bridgehead atoms. The van der Waals surface area contributed by atoms with Crippen molar-refractivity contribution in [3.8, 4) is 0 Å². The van der Waals surface area contributed by atoms with Gasteiger partial charge in [0.25, 0.3) is 10.0 Å². The van der Waals surface area contributed by atoms with E-state index >= 15 is 0 Å². The highest BCUT2D eigenvalue weighted by molar-refractivity contribution is 7.92. The van der Waals surface area contributed by atoms with E-state index in [1.165, 1.54) is 35.3 Å². The number of hydrazine groups is 1. The molecule has 10 heteroatoms. The molecule has 0 radical (unpaired) electrons. The molecule has 2 rings (SSSR count). The van der Waals surface area contributed by atoms with Crippen LogP contribution in [0.2, 0.25) is 0 Å². The monoisotopic (exact) mass is 442 g/mol. The number of hydrogen-bond donors (Lipinski definition) is 3. The smallest absolute Gasteiger partial charge is 0.390 e. The Balaban J connectivity index is 2.32. The third-order valence-corrected chi connectivity index (χ3v) is 5.68. The van der Waals surface area contributed by atoms with Crippen molar-refractivity contribution in [2.75, 3.05) is 16.8 Å². The number of nitrogens with one attached hydrogen (secondary N) is 2. The first kappa shape index (κ1) is 23.6. The van der Waals surface area contributed by atoms with Gasteiger partial charge in [0, 0.05) is 18.9 Å². The van der Waals surface area contributed by atoms with Crippen LogP contribution in [-0.4, -0.2) is 15.5 Å². The molecule has 0 fully saturated rings. The van der Waals surface area contributed by atoms with Crippen LogP contribution in [0.25, 0.3) is 0 Å². The van der Waals surface area contributed by atoms with Crippen LogP contribution in [0.15, 0.2) is 65.3 Å². The highest BCUT2D eigenvalue weighted by Gasteiger charge is 2.34. The minimum atomic E-state index is -4.69. The molecule has 0 aliphatic heterocycles. The Labute approximate surface area is 174 Å². The molecule has 6 nitrogen and oxygen atoms in total. The molecule has 2 aromatic rings. The van der Waals surface area contributed by atoms with Crippen molar-refractivity contribution < 1.29 is 21.6 Å². The zero-order valence-corrected chi connectivity index (χ0v) is 17.5. The highest BCUT2D eigenvalue weighted by atomic mass is 32.2. The third-order valence-electron chi connectivity index (χ3n) is 4.32. The first-order valence-corrected chi connectivity index (χ1v) is 10.8. The van der Waals surface area contributed by atoms with Gasteiger partial charge in [0.1, 0.15) is 0 Å². The predicted octanol–water partition coefficient (Wildman–Crippen LogP) is 4.44. The molecule has 0 amide bonds. The first-order valence-electron chi connectivity index (χ1n) is 9.30. The van der Waals surface area contributed by atoms with E-state index in [2.05, 4.69) is 12.2 Å². The first-order chi connectivity index (χ1) is 14.1. The number of hydrogen-bond acceptors (Lipinski definition) is 5. The Bertz CT molecular complexity index is 992. The number of nitrogens with zero attached hydrogens (tertiary/aromatic N) is 1. The number of sulfonamides is 1. The summed E-state index contributed by atoms with van der Waals surface area (Å²) in [5, 5.41) is 4.31. The predicted molar refractivity (Wildman–Crippen MR) is 112 cm³/mol. The van der Waals surface area contributed by atoms with Gasteiger partial charge < -0.3 is 5.32 Å². The lowest BCUT2D eigenvalue weighted by Crippen LogP contribution is -2.27. The van der Waals surface area contributed by atoms with Crippen LogP contribution < -0.4 is 20.9 Å². The number of alkyl halides is 3. The molecular formula is C20H25F3N4O2S. The van der Waals surface area contributed by atoms with Gasteiger partial charge in [0.15, 0.2) is 0 Å². The molecule has 4 N–H and O–H groups in total. The Morgan fingerprint density at radius 1 is 1.17 bits per heavy atom. The molecule has 0 atom stereocenters. The highest BCUT2D eigenvalue weighted by Crippen LogP contribution is 2.35. The summed E-state index contributed by atoms with van der Waals surface area (Å²) in [6.07, 6.45) is -0.316. The molecular weight excluding hydrogens is 417 g/mol. The van der Waals surface area contributed by atoms with Gasteiger partial charge in [0.05, 0.1) is 21.8 Å². The van der Waals surface area contributed by atoms with Crippen molar-refractivity contribution in [2.24, 2.45) is 5.84 Å². The van der Waals surface area contributed by atoms with Gasteiger partial charge in [-0.05, 0) is 43.2 Å². The van der Waals surface area contributed by atoms with E-state index in [0.717, 1.165) is 37.1 Å². The van der Waals surface area contributed by atoms with Gasteiger partial charge in [-0.2, -0.15) is 13.2 Å². The molecule has 30 heavy (non-hydrogen) atoms. The lowest BCUT2D eigenvalue weighted by atomic mass is 10.2. The molecule has 0 saturated carbocycles. The Kier molecular flexibility index (Phi) is 7.74. The van der Waals surface area contributed by atoms with Gasteiger partial charge in [0.2, 0.25) is 0 Å². The number of anilines is 2. The second-order valence-electron chi connectivity index (χ2n) is 6.56. The van der Waals surface area contributed by atoms with Crippen LogP contribution in [0.4, 0.5) is 24.5 Å². The summed E-state index contributed by atoms with van der Waals surface area (Å²) < 4.78 is 66.9. The van der Waals surface area contributed by atoms with Crippen LogP contribution in [-0.2, 0) is 16.2 Å². The van der Waals surface area contributed by atoms with Crippen molar-refractivity contribution in [2.45, 2.75) is 37.3 Å². The summed E-state index contributed by atoms with van der Waals surface area (Å²) in [5.74, 6) is 6.04. The maximum atomic E-state index is 13.2. The zero-order valence-electron chi connectivity index (χ0n) is 16.7. The topological polar surface area (TPSA) is 87.5 Å². The van der Waals surface area contributed by atoms with E-state index in [9.17, 15) is 21.6 Å². The van der Waals surface area contributed by atoms with Crippen molar-refractivity contribution in [3.63, 3.8) is 0 Å². The van der Waals surface area contributed by atoms with E-state index < -0.39 is 27.5 Å². The number of para-hydroxylation sites is 1. The van der Waals surface area contributed by atoms with Gasteiger partial charge in [-0.3, -0.25) is 9.73 Å². The standard InChI is InChI=1S/C20H25F3N4O2S/c1-3-4-8-15(25-2)14-27(24)16-9-7-10-17(13-16)30(28,29)26-19-12-6-5-11-18(19)20(21,22)23/h5-7,9-14,25-26H,3-4,8,24H2,1-2H3/b15-14-. The van der Waals surface area contributed by atoms with E-state index in [0.29, 0.717) is 5.69 Å². The van der Waals surface area contributed by atoms with Crippen molar-refractivity contribution in [1.82, 2.24) is 5.32 Å². The number of unbranched alkanes of at least 4 members (excludes halogenated alkanes) is 1. The molecule has 0 saturated heterocycles. The average molecular weight is 443 g/mol. The summed E-state index contributed by atoms with van der Waals surface area (Å²) in [6.45, 7) is 2.06. The number of rotatable bonds is 9. The lowest BCUT2D eigenvalue weighted by molar-refractivity contribution is -0.136. The number of halogens is 3. The summed E-state index contributed by atoms with van der Waals surface area (Å²) in [4.78, 5) is -0.208. The fraction of sp³-hybridized carbons (Fsp3) is 0.300. The second-order valence-corrected chi connectivity index (χ2v) is 8.24. The largest absolute Gasteiger partial charge is 0.418 e. The van der Waals surface area contributed by atoms with Crippen LogP contribution >= 0.6 is 0 Å². The number of benzene rings is 2. The zero-order chi connectivity index (χ0) is 22.4. The maximum absolute atomic E-state index is 13.2. The summed E-state index contributed by atoms with van der Waals surface area (Å²) in [6, 6.07) is 10.1. The minimum absolute atomic E-state index is 0.208. The average Bonchev–Trinajstić information content (AvgIpc) is 2.70. The SMILES string of the molecule is CCCC/C(=C/N(N)c1cccc(S(=O)(=O)Nc2ccccc2C(F)(F)F)c1)NC. The summed E-state index contributed by atoms with van der Waals surface area (Å²) >= 11 is 0. The Hall–Kier alpha value is -2.72. The van der Waals surface area contributed by atoms with Crippen molar-refractivity contribution in [3.05, 3.63) is 66.0 Å². The van der Waals surface area contributed by atoms with Gasteiger partial charge in [-0.15, -0.1) is 0 Å². The fourth-order valence-electron chi connectivity index (χ4n) is 2.70. The molecule has 0 spiro atoms. The quantitative estimate of drug-likeness (QED) is 0.395. The molecule has 0 aromatic heterocycles. The molecule has 164 valence electrons. The summed E-state index contributed by atoms with van der Waals surface area (Å²) in [5.41, 5.74) is -0.379. The van der Waals surface area contributed by atoms with E-state index in [1.54, 1.807) is 19.3 Å². The second kappa shape index (κ2) is 9.86. The van der Waals surface area contributed by atoms with E-state index in [-0.39, 0.29) is 4.90 Å². The molecule has 0 unspecified atom stereocenters. The lowest BCUT2D eigenvalue weighted by Gasteiger charge is -2.18. The normalized spacial score (nSPS) is 12.5. The van der Waals surface area contributed by atoms with Crippen LogP contribution in [0.5, 0.6) is 0 Å². The van der Waals surface area contributed by atoms with Gasteiger partial charge in [-0.1, -0.05) is 31.5 Å². The minimum Gasteiger partial charge on any atom is -0.390 e. The maximum Gasteiger partial charge on any atom is 0.418 e. The third kappa shape index (κ3) is 6.14. The van der Waals surface area contributed by atoms with Gasteiger partial charge >= 0.3 is 6.18 Å². The molecule has 0 heterocycles. The molecule has 0 aliphatic rings. The molecule has 0 aliphatic carbocycles. The van der Waals surface area contributed by atoms with E-state index in [1.807, 2.05) is 4.72 Å². The number of allylic oxidation sites excluding steroid dienone is 1. The summed E-state index contributed by atoms with van der Waals surface area (Å²) in [7, 11) is -2.51. The Morgan fingerprint density at radius 2 is 1.87 bits per heavy atom. The van der Waals surface area contributed by atoms with Crippen molar-refractivity contribution in [1.29, 1.82) is 0 Å². The van der Waals surface area contributed by atoms with E-state index in [4.69, 9.17) is 5.84 Å². The van der Waals surface area contributed by atoms with Crippen LogP contribution in [0, 0.1) is 0 Å². The molecule has 2 aromatic carbocycles. The number of nitrogens with two attached hydrogens (primary N) is 1. The van der Waals surface area contributed by atoms with Crippen molar-refractivity contribution >= 4 is 21.4 Å². The fourth-order valence-corrected chi connectivity index (χ4v) is 3.82. The van der Waals surface area contributed by atoms with Gasteiger partial charge in [-0.25, -0.2) is 14.3 Å². The van der Waals surface area contributed by atoms with Crippen LogP contribution in [0.3, 0.4) is 0 Å². The Morgan fingerprint density at radius 3 is 2.50 bits per heavy atom. The van der Waals surface area contributed by atoms with Crippen LogP contribution in [0.1, 0.15) is 31.7 Å².